The largest absolute Gasteiger partial charge is 0.342 e. The Morgan fingerprint density at radius 1 is 1.13 bits per heavy atom. The molecule has 0 spiro atoms. The fourth-order valence-electron chi connectivity index (χ4n) is 4.18. The fraction of sp³-hybridized carbons (Fsp3) is 0.571. The van der Waals surface area contributed by atoms with Gasteiger partial charge in [0.05, 0.1) is 4.90 Å². The summed E-state index contributed by atoms with van der Waals surface area (Å²) < 4.78 is 33.0. The van der Waals surface area contributed by atoms with Crippen molar-refractivity contribution < 1.29 is 17.7 Å². The quantitative estimate of drug-likeness (QED) is 0.721. The molecule has 0 saturated carbocycles. The number of hydrogen-bond donors (Lipinski definition) is 0. The van der Waals surface area contributed by atoms with Gasteiger partial charge in [0.2, 0.25) is 27.6 Å². The van der Waals surface area contributed by atoms with Crippen molar-refractivity contribution >= 4 is 15.9 Å². The molecule has 1 aromatic carbocycles. The highest BCUT2D eigenvalue weighted by Gasteiger charge is 2.34. The van der Waals surface area contributed by atoms with E-state index in [1.807, 2.05) is 11.8 Å². The van der Waals surface area contributed by atoms with Gasteiger partial charge in [0.15, 0.2) is 0 Å². The monoisotopic (exact) mass is 432 g/mol. The number of likely N-dealkylation sites (tertiary alicyclic amines) is 1. The normalized spacial score (nSPS) is 19.2. The molecule has 0 bridgehead atoms. The van der Waals surface area contributed by atoms with E-state index in [0.717, 1.165) is 25.9 Å². The zero-order valence-electron chi connectivity index (χ0n) is 17.3. The molecule has 0 unspecified atom stereocenters. The Balaban J connectivity index is 1.44. The number of amides is 1. The number of sulfonamides is 1. The van der Waals surface area contributed by atoms with E-state index in [4.69, 9.17) is 4.52 Å². The highest BCUT2D eigenvalue weighted by atomic mass is 32.2. The molecule has 2 aliphatic rings. The van der Waals surface area contributed by atoms with Crippen LogP contribution in [-0.2, 0) is 21.2 Å². The fourth-order valence-corrected chi connectivity index (χ4v) is 5.69. The number of nitrogens with zero attached hydrogens (tertiary/aromatic N) is 4. The number of aromatic nitrogens is 2. The number of aryl methyl sites for hydroxylation is 1. The maximum absolute atomic E-state index is 13.2. The minimum absolute atomic E-state index is 0.0762. The van der Waals surface area contributed by atoms with E-state index in [2.05, 4.69) is 10.1 Å². The van der Waals surface area contributed by atoms with Crippen LogP contribution < -0.4 is 0 Å². The Labute approximate surface area is 177 Å². The van der Waals surface area contributed by atoms with Gasteiger partial charge in [-0.05, 0) is 44.2 Å². The van der Waals surface area contributed by atoms with Gasteiger partial charge in [-0.25, -0.2) is 8.42 Å². The van der Waals surface area contributed by atoms with Crippen LogP contribution in [0.2, 0.25) is 0 Å². The molecule has 2 aliphatic heterocycles. The predicted octanol–water partition coefficient (Wildman–Crippen LogP) is 2.71. The first-order chi connectivity index (χ1) is 14.5. The summed E-state index contributed by atoms with van der Waals surface area (Å²) in [6, 6.07) is 6.64. The van der Waals surface area contributed by atoms with Crippen molar-refractivity contribution in [3.05, 3.63) is 30.2 Å². The molecule has 9 heteroatoms. The summed E-state index contributed by atoms with van der Waals surface area (Å²) in [6.07, 6.45) is 5.07. The van der Waals surface area contributed by atoms with Crippen LogP contribution in [0.1, 0.15) is 44.9 Å². The second-order valence-corrected chi connectivity index (χ2v) is 9.90. The predicted molar refractivity (Wildman–Crippen MR) is 111 cm³/mol. The van der Waals surface area contributed by atoms with Gasteiger partial charge >= 0.3 is 0 Å². The van der Waals surface area contributed by atoms with Crippen molar-refractivity contribution in [3.8, 4) is 11.4 Å². The van der Waals surface area contributed by atoms with Gasteiger partial charge in [0, 0.05) is 44.1 Å². The van der Waals surface area contributed by atoms with E-state index >= 15 is 0 Å². The zero-order valence-corrected chi connectivity index (χ0v) is 18.1. The van der Waals surface area contributed by atoms with E-state index in [-0.39, 0.29) is 16.7 Å². The molecular formula is C21H28N4O4S. The van der Waals surface area contributed by atoms with Crippen molar-refractivity contribution in [3.63, 3.8) is 0 Å². The van der Waals surface area contributed by atoms with Crippen molar-refractivity contribution in [1.82, 2.24) is 19.3 Å². The van der Waals surface area contributed by atoms with Gasteiger partial charge in [-0.2, -0.15) is 9.29 Å². The molecule has 8 nitrogen and oxygen atoms in total. The van der Waals surface area contributed by atoms with Crippen LogP contribution in [0.4, 0.5) is 0 Å². The van der Waals surface area contributed by atoms with Crippen LogP contribution in [0.5, 0.6) is 0 Å². The average molecular weight is 433 g/mol. The van der Waals surface area contributed by atoms with E-state index < -0.39 is 10.0 Å². The Morgan fingerprint density at radius 3 is 2.53 bits per heavy atom. The molecule has 162 valence electrons. The minimum Gasteiger partial charge on any atom is -0.342 e. The van der Waals surface area contributed by atoms with Crippen molar-refractivity contribution in [1.29, 1.82) is 0 Å². The van der Waals surface area contributed by atoms with Crippen LogP contribution in [-0.4, -0.2) is 59.8 Å². The lowest BCUT2D eigenvalue weighted by molar-refractivity contribution is -0.137. The third kappa shape index (κ3) is 4.27. The first-order valence-electron chi connectivity index (χ1n) is 10.7. The molecule has 2 fully saturated rings. The topological polar surface area (TPSA) is 96.6 Å². The number of rotatable bonds is 5. The maximum Gasteiger partial charge on any atom is 0.243 e. The number of carbonyl (C=O) groups is 1. The Hall–Kier alpha value is -2.26. The second kappa shape index (κ2) is 8.85. The average Bonchev–Trinajstić information content (AvgIpc) is 3.29. The lowest BCUT2D eigenvalue weighted by Gasteiger charge is -2.35. The van der Waals surface area contributed by atoms with Gasteiger partial charge < -0.3 is 9.42 Å². The van der Waals surface area contributed by atoms with E-state index in [1.165, 1.54) is 10.7 Å². The van der Waals surface area contributed by atoms with Crippen molar-refractivity contribution in [2.45, 2.75) is 50.3 Å². The van der Waals surface area contributed by atoms with Gasteiger partial charge in [0.25, 0.3) is 0 Å². The van der Waals surface area contributed by atoms with Crippen LogP contribution in [0.15, 0.2) is 33.7 Å². The smallest absolute Gasteiger partial charge is 0.243 e. The highest BCUT2D eigenvalue weighted by Crippen LogP contribution is 2.28. The summed E-state index contributed by atoms with van der Waals surface area (Å²) in [5.74, 6) is 1.01. The summed E-state index contributed by atoms with van der Waals surface area (Å²) in [5, 5.41) is 3.93. The zero-order chi connectivity index (χ0) is 21.1. The maximum atomic E-state index is 13.2. The third-order valence-corrected chi connectivity index (χ3v) is 7.87. The lowest BCUT2D eigenvalue weighted by atomic mass is 9.95. The first kappa shape index (κ1) is 21.0. The van der Waals surface area contributed by atoms with Crippen LogP contribution in [0.3, 0.4) is 0 Å². The number of carbonyl (C=O) groups excluding carboxylic acids is 1. The molecule has 0 aliphatic carbocycles. The van der Waals surface area contributed by atoms with E-state index in [9.17, 15) is 13.2 Å². The van der Waals surface area contributed by atoms with Gasteiger partial charge in [-0.1, -0.05) is 24.2 Å². The highest BCUT2D eigenvalue weighted by molar-refractivity contribution is 7.89. The second-order valence-electron chi connectivity index (χ2n) is 7.96. The van der Waals surface area contributed by atoms with Gasteiger partial charge in [-0.15, -0.1) is 0 Å². The third-order valence-electron chi connectivity index (χ3n) is 5.97. The van der Waals surface area contributed by atoms with Gasteiger partial charge in [-0.3, -0.25) is 4.79 Å². The molecule has 0 atom stereocenters. The summed E-state index contributed by atoms with van der Waals surface area (Å²) in [6.45, 7) is 4.30. The van der Waals surface area contributed by atoms with Crippen LogP contribution in [0, 0.1) is 5.92 Å². The lowest BCUT2D eigenvalue weighted by Crippen LogP contribution is -2.45. The molecule has 2 aromatic rings. The molecular weight excluding hydrogens is 404 g/mol. The van der Waals surface area contributed by atoms with E-state index in [0.29, 0.717) is 49.6 Å². The van der Waals surface area contributed by atoms with Crippen molar-refractivity contribution in [2.24, 2.45) is 5.92 Å². The van der Waals surface area contributed by atoms with Gasteiger partial charge in [0.1, 0.15) is 0 Å². The van der Waals surface area contributed by atoms with Crippen LogP contribution >= 0.6 is 0 Å². The van der Waals surface area contributed by atoms with Crippen molar-refractivity contribution in [2.75, 3.05) is 26.2 Å². The Morgan fingerprint density at radius 2 is 1.87 bits per heavy atom. The summed E-state index contributed by atoms with van der Waals surface area (Å²) in [4.78, 5) is 19.2. The summed E-state index contributed by atoms with van der Waals surface area (Å²) in [5.41, 5.74) is 0.606. The molecule has 3 heterocycles. The first-order valence-corrected chi connectivity index (χ1v) is 12.1. The van der Waals surface area contributed by atoms with Crippen LogP contribution in [0.25, 0.3) is 11.4 Å². The summed E-state index contributed by atoms with van der Waals surface area (Å²) in [7, 11) is -3.64. The molecule has 2 saturated heterocycles. The molecule has 4 rings (SSSR count). The SMILES string of the molecule is CCc1nc(-c2cccc(S(=O)(=O)N3CCC(C(=O)N4CCCCC4)CC3)c2)no1. The molecule has 1 aromatic heterocycles. The Kier molecular flexibility index (Phi) is 6.19. The standard InChI is InChI=1S/C21H28N4O4S/c1-2-19-22-20(23-29-19)17-7-6-8-18(15-17)30(27,28)25-13-9-16(10-14-25)21(26)24-11-4-3-5-12-24/h6-8,15-16H,2-5,9-14H2,1H3. The molecule has 0 N–H and O–H groups in total. The molecule has 30 heavy (non-hydrogen) atoms. The number of piperidine rings is 2. The minimum atomic E-state index is -3.64. The summed E-state index contributed by atoms with van der Waals surface area (Å²) >= 11 is 0. The molecule has 0 radical (unpaired) electrons. The number of benzene rings is 1. The Bertz CT molecular complexity index is 990. The molecule has 1 amide bonds. The van der Waals surface area contributed by atoms with E-state index in [1.54, 1.807) is 24.3 Å². The number of hydrogen-bond acceptors (Lipinski definition) is 6.